The van der Waals surface area contributed by atoms with Gasteiger partial charge in [0.1, 0.15) is 0 Å². The molecular weight excluding hydrogens is 451 g/mol. The van der Waals surface area contributed by atoms with Crippen LogP contribution in [0.4, 0.5) is 5.69 Å². The highest BCUT2D eigenvalue weighted by molar-refractivity contribution is 14.0. The minimum absolute atomic E-state index is 0. The van der Waals surface area contributed by atoms with Crippen molar-refractivity contribution < 1.29 is 0 Å². The number of nitrogens with one attached hydrogen (secondary N) is 2. The SMILES string of the molecule is CN=C(NCCn1cccn1)NC1CCN(c2cccc(Cl)c2)C1.I. The first-order chi connectivity index (χ1) is 11.7. The number of guanidine groups is 1. The average molecular weight is 475 g/mol. The molecule has 1 aliphatic rings. The molecule has 2 N–H and O–H groups in total. The Balaban J connectivity index is 0.00000225. The Hall–Kier alpha value is -1.48. The van der Waals surface area contributed by atoms with Gasteiger partial charge in [0.15, 0.2) is 5.96 Å². The quantitative estimate of drug-likeness (QED) is 0.397. The molecule has 0 amide bonds. The highest BCUT2D eigenvalue weighted by Gasteiger charge is 2.23. The lowest BCUT2D eigenvalue weighted by Crippen LogP contribution is -2.45. The molecule has 25 heavy (non-hydrogen) atoms. The molecule has 1 unspecified atom stereocenters. The molecule has 2 heterocycles. The van der Waals surface area contributed by atoms with E-state index < -0.39 is 0 Å². The minimum atomic E-state index is 0. The summed E-state index contributed by atoms with van der Waals surface area (Å²) in [5.41, 5.74) is 1.17. The zero-order valence-corrected chi connectivity index (χ0v) is 17.3. The van der Waals surface area contributed by atoms with Crippen LogP contribution in [0.3, 0.4) is 0 Å². The predicted molar refractivity (Wildman–Crippen MR) is 114 cm³/mol. The summed E-state index contributed by atoms with van der Waals surface area (Å²) in [6.07, 6.45) is 4.82. The summed E-state index contributed by atoms with van der Waals surface area (Å²) in [5.74, 6) is 0.833. The number of halogens is 2. The van der Waals surface area contributed by atoms with Gasteiger partial charge >= 0.3 is 0 Å². The molecule has 0 aliphatic carbocycles. The Morgan fingerprint density at radius 2 is 2.28 bits per heavy atom. The number of benzene rings is 1. The van der Waals surface area contributed by atoms with E-state index in [1.807, 2.05) is 35.1 Å². The molecule has 0 spiro atoms. The van der Waals surface area contributed by atoms with E-state index in [1.54, 1.807) is 13.2 Å². The maximum Gasteiger partial charge on any atom is 0.191 e. The van der Waals surface area contributed by atoms with Gasteiger partial charge in [0.05, 0.1) is 6.54 Å². The second-order valence-electron chi connectivity index (χ2n) is 5.82. The van der Waals surface area contributed by atoms with Gasteiger partial charge < -0.3 is 15.5 Å². The molecule has 2 aromatic rings. The molecule has 0 saturated carbocycles. The van der Waals surface area contributed by atoms with E-state index in [9.17, 15) is 0 Å². The molecule has 6 nitrogen and oxygen atoms in total. The summed E-state index contributed by atoms with van der Waals surface area (Å²) in [7, 11) is 1.80. The molecule has 1 aliphatic heterocycles. The standard InChI is InChI=1S/C17H23ClN6.HI/c1-19-17(20-8-11-24-9-3-7-21-24)22-15-6-10-23(13-15)16-5-2-4-14(18)12-16;/h2-5,7,9,12,15H,6,8,10-11,13H2,1H3,(H2,19,20,22);1H. The monoisotopic (exact) mass is 474 g/mol. The van der Waals surface area contributed by atoms with Crippen LogP contribution >= 0.6 is 35.6 Å². The van der Waals surface area contributed by atoms with E-state index in [2.05, 4.69) is 31.7 Å². The molecule has 3 rings (SSSR count). The summed E-state index contributed by atoms with van der Waals surface area (Å²) in [5, 5.41) is 11.8. The third-order valence-electron chi connectivity index (χ3n) is 4.12. The van der Waals surface area contributed by atoms with Crippen LogP contribution in [0.2, 0.25) is 5.02 Å². The molecule has 136 valence electrons. The van der Waals surface area contributed by atoms with E-state index in [0.717, 1.165) is 43.6 Å². The number of hydrogen-bond acceptors (Lipinski definition) is 3. The molecule has 1 aromatic carbocycles. The van der Waals surface area contributed by atoms with Crippen molar-refractivity contribution in [2.75, 3.05) is 31.6 Å². The number of rotatable bonds is 5. The zero-order chi connectivity index (χ0) is 16.8. The second kappa shape index (κ2) is 9.86. The van der Waals surface area contributed by atoms with Crippen molar-refractivity contribution in [3.8, 4) is 0 Å². The van der Waals surface area contributed by atoms with Crippen molar-refractivity contribution >= 4 is 47.2 Å². The van der Waals surface area contributed by atoms with E-state index in [4.69, 9.17) is 11.6 Å². The van der Waals surface area contributed by atoms with Crippen LogP contribution in [0.5, 0.6) is 0 Å². The topological polar surface area (TPSA) is 57.5 Å². The summed E-state index contributed by atoms with van der Waals surface area (Å²) in [6.45, 7) is 3.56. The fourth-order valence-corrected chi connectivity index (χ4v) is 3.08. The molecule has 1 saturated heterocycles. The lowest BCUT2D eigenvalue weighted by atomic mass is 10.3. The minimum Gasteiger partial charge on any atom is -0.369 e. The maximum atomic E-state index is 6.09. The molecule has 0 radical (unpaired) electrons. The van der Waals surface area contributed by atoms with Crippen LogP contribution in [0.15, 0.2) is 47.7 Å². The summed E-state index contributed by atoms with van der Waals surface area (Å²) >= 11 is 6.09. The predicted octanol–water partition coefficient (Wildman–Crippen LogP) is 2.60. The van der Waals surface area contributed by atoms with Gasteiger partial charge in [0.25, 0.3) is 0 Å². The normalized spacial score (nSPS) is 17.3. The Morgan fingerprint density at radius 3 is 3.00 bits per heavy atom. The Bertz CT molecular complexity index is 676. The van der Waals surface area contributed by atoms with Crippen LogP contribution in [0, 0.1) is 0 Å². The van der Waals surface area contributed by atoms with Crippen molar-refractivity contribution in [1.29, 1.82) is 0 Å². The average Bonchev–Trinajstić information content (AvgIpc) is 3.25. The fourth-order valence-electron chi connectivity index (χ4n) is 2.89. The molecule has 1 atom stereocenters. The lowest BCUT2D eigenvalue weighted by Gasteiger charge is -2.20. The number of hydrogen-bond donors (Lipinski definition) is 2. The Labute approximate surface area is 170 Å². The van der Waals surface area contributed by atoms with Crippen LogP contribution in [-0.4, -0.2) is 48.5 Å². The number of aromatic nitrogens is 2. The van der Waals surface area contributed by atoms with Crippen LogP contribution in [0.1, 0.15) is 6.42 Å². The number of anilines is 1. The van der Waals surface area contributed by atoms with Crippen LogP contribution in [-0.2, 0) is 6.54 Å². The smallest absolute Gasteiger partial charge is 0.191 e. The van der Waals surface area contributed by atoms with Crippen molar-refractivity contribution in [3.05, 3.63) is 47.7 Å². The fraction of sp³-hybridized carbons (Fsp3) is 0.412. The van der Waals surface area contributed by atoms with Gasteiger partial charge in [0, 0.05) is 55.8 Å². The highest BCUT2D eigenvalue weighted by atomic mass is 127. The third kappa shape index (κ3) is 5.78. The maximum absolute atomic E-state index is 6.09. The van der Waals surface area contributed by atoms with Crippen LogP contribution in [0.25, 0.3) is 0 Å². The second-order valence-corrected chi connectivity index (χ2v) is 6.26. The zero-order valence-electron chi connectivity index (χ0n) is 14.2. The highest BCUT2D eigenvalue weighted by Crippen LogP contribution is 2.23. The summed E-state index contributed by atoms with van der Waals surface area (Å²) in [4.78, 5) is 6.66. The van der Waals surface area contributed by atoms with Gasteiger partial charge in [-0.2, -0.15) is 5.10 Å². The largest absolute Gasteiger partial charge is 0.369 e. The van der Waals surface area contributed by atoms with Gasteiger partial charge in [-0.3, -0.25) is 9.67 Å². The van der Waals surface area contributed by atoms with E-state index >= 15 is 0 Å². The van der Waals surface area contributed by atoms with Gasteiger partial charge in [-0.15, -0.1) is 24.0 Å². The Morgan fingerprint density at radius 1 is 1.40 bits per heavy atom. The van der Waals surface area contributed by atoms with Crippen LogP contribution < -0.4 is 15.5 Å². The molecule has 1 fully saturated rings. The van der Waals surface area contributed by atoms with E-state index in [1.165, 1.54) is 5.69 Å². The first-order valence-electron chi connectivity index (χ1n) is 8.20. The van der Waals surface area contributed by atoms with Crippen molar-refractivity contribution in [1.82, 2.24) is 20.4 Å². The van der Waals surface area contributed by atoms with E-state index in [-0.39, 0.29) is 24.0 Å². The van der Waals surface area contributed by atoms with Crippen molar-refractivity contribution in [2.24, 2.45) is 4.99 Å². The summed E-state index contributed by atoms with van der Waals surface area (Å²) in [6, 6.07) is 10.3. The molecule has 8 heteroatoms. The molecule has 0 bridgehead atoms. The Kier molecular flexibility index (Phi) is 7.83. The molecule has 1 aromatic heterocycles. The molecular formula is C17H24ClIN6. The number of nitrogens with zero attached hydrogens (tertiary/aromatic N) is 4. The van der Waals surface area contributed by atoms with Gasteiger partial charge in [-0.1, -0.05) is 17.7 Å². The number of aliphatic imine (C=N–C) groups is 1. The van der Waals surface area contributed by atoms with Gasteiger partial charge in [-0.05, 0) is 30.7 Å². The third-order valence-corrected chi connectivity index (χ3v) is 4.35. The lowest BCUT2D eigenvalue weighted by molar-refractivity contribution is 0.587. The summed E-state index contributed by atoms with van der Waals surface area (Å²) < 4.78 is 1.90. The van der Waals surface area contributed by atoms with E-state index in [0.29, 0.717) is 6.04 Å². The van der Waals surface area contributed by atoms with Crippen molar-refractivity contribution in [2.45, 2.75) is 19.0 Å². The van der Waals surface area contributed by atoms with Crippen molar-refractivity contribution in [3.63, 3.8) is 0 Å². The van der Waals surface area contributed by atoms with Gasteiger partial charge in [0.2, 0.25) is 0 Å². The first kappa shape index (κ1) is 19.8. The van der Waals surface area contributed by atoms with Gasteiger partial charge in [-0.25, -0.2) is 0 Å². The first-order valence-corrected chi connectivity index (χ1v) is 8.57.